The molecule has 1 aromatic heterocycles. The number of carbonyl (C=O) groups is 1. The van der Waals surface area contributed by atoms with Crippen LogP contribution in [0.25, 0.3) is 22.2 Å². The molecule has 4 rings (SSSR count). The van der Waals surface area contributed by atoms with E-state index in [0.717, 1.165) is 22.9 Å². The van der Waals surface area contributed by atoms with Gasteiger partial charge in [-0.15, -0.1) is 0 Å². The van der Waals surface area contributed by atoms with Crippen molar-refractivity contribution in [3.8, 4) is 11.3 Å². The molecular formula is C23H24N2O2. The van der Waals surface area contributed by atoms with Crippen molar-refractivity contribution >= 4 is 16.8 Å². The molecule has 3 aromatic rings. The lowest BCUT2D eigenvalue weighted by molar-refractivity contribution is 0.0954. The molecule has 0 radical (unpaired) electrons. The van der Waals surface area contributed by atoms with Crippen molar-refractivity contribution in [2.45, 2.75) is 39.0 Å². The van der Waals surface area contributed by atoms with Gasteiger partial charge in [-0.3, -0.25) is 4.79 Å². The number of nitrogens with zero attached hydrogens (tertiary/aromatic N) is 1. The van der Waals surface area contributed by atoms with Gasteiger partial charge in [-0.25, -0.2) is 0 Å². The Morgan fingerprint density at radius 3 is 2.78 bits per heavy atom. The molecule has 4 nitrogen and oxygen atoms in total. The minimum absolute atomic E-state index is 0.0515. The zero-order chi connectivity index (χ0) is 18.6. The Balaban J connectivity index is 1.50. The van der Waals surface area contributed by atoms with Gasteiger partial charge in [0.1, 0.15) is 5.52 Å². The third kappa shape index (κ3) is 3.95. The van der Waals surface area contributed by atoms with Crippen LogP contribution in [0, 0.1) is 6.92 Å². The third-order valence-corrected chi connectivity index (χ3v) is 5.17. The monoisotopic (exact) mass is 360 g/mol. The molecule has 0 aliphatic heterocycles. The maximum absolute atomic E-state index is 12.6. The van der Waals surface area contributed by atoms with Crippen LogP contribution in [0.1, 0.15) is 48.0 Å². The van der Waals surface area contributed by atoms with Crippen molar-refractivity contribution in [2.24, 2.45) is 0 Å². The van der Waals surface area contributed by atoms with Gasteiger partial charge in [0.25, 0.3) is 5.91 Å². The number of fused-ring (bicyclic) bond motifs is 1. The van der Waals surface area contributed by atoms with Crippen LogP contribution in [0.2, 0.25) is 0 Å². The number of aryl methyl sites for hydroxylation is 1. The molecule has 1 aliphatic carbocycles. The summed E-state index contributed by atoms with van der Waals surface area (Å²) in [5.41, 5.74) is 5.02. The highest BCUT2D eigenvalue weighted by Crippen LogP contribution is 2.29. The number of benzene rings is 2. The molecule has 0 spiro atoms. The molecule has 2 aromatic carbocycles. The van der Waals surface area contributed by atoms with E-state index in [1.165, 1.54) is 36.8 Å². The lowest BCUT2D eigenvalue weighted by Gasteiger charge is -2.13. The van der Waals surface area contributed by atoms with Gasteiger partial charge in [0.2, 0.25) is 0 Å². The number of nitrogens with one attached hydrogen (secondary N) is 1. The zero-order valence-electron chi connectivity index (χ0n) is 15.6. The number of aromatic nitrogens is 1. The lowest BCUT2D eigenvalue weighted by Crippen LogP contribution is -2.24. The molecule has 0 bridgehead atoms. The SMILES string of the molecule is Cc1ccc(-c2onc3ccc(C(=O)NCCC4=CCCCC4)cc23)cc1. The minimum atomic E-state index is -0.0515. The highest BCUT2D eigenvalue weighted by atomic mass is 16.5. The molecule has 0 fully saturated rings. The van der Waals surface area contributed by atoms with Crippen molar-refractivity contribution < 1.29 is 9.32 Å². The fraction of sp³-hybridized carbons (Fsp3) is 0.304. The fourth-order valence-electron chi connectivity index (χ4n) is 3.57. The van der Waals surface area contributed by atoms with Crippen LogP contribution >= 0.6 is 0 Å². The quantitative estimate of drug-likeness (QED) is 0.618. The maximum atomic E-state index is 12.6. The second-order valence-corrected chi connectivity index (χ2v) is 7.22. The summed E-state index contributed by atoms with van der Waals surface area (Å²) in [7, 11) is 0. The first kappa shape index (κ1) is 17.5. The van der Waals surface area contributed by atoms with E-state index in [-0.39, 0.29) is 5.91 Å². The Kier molecular flexibility index (Phi) is 5.05. The number of hydrogen-bond donors (Lipinski definition) is 1. The van der Waals surface area contributed by atoms with Crippen molar-refractivity contribution in [2.75, 3.05) is 6.54 Å². The molecule has 4 heteroatoms. The van der Waals surface area contributed by atoms with Crippen LogP contribution in [-0.4, -0.2) is 17.6 Å². The average molecular weight is 360 g/mol. The number of hydrogen-bond acceptors (Lipinski definition) is 3. The standard InChI is InChI=1S/C23H24N2O2/c1-16-7-9-18(10-8-16)22-20-15-19(11-12-21(20)25-27-22)23(26)24-14-13-17-5-3-2-4-6-17/h5,7-12,15H,2-4,6,13-14H2,1H3,(H,24,26). The normalized spacial score (nSPS) is 14.2. The van der Waals surface area contributed by atoms with E-state index in [1.54, 1.807) is 6.07 Å². The van der Waals surface area contributed by atoms with Crippen LogP contribution < -0.4 is 5.32 Å². The van der Waals surface area contributed by atoms with E-state index in [2.05, 4.69) is 16.5 Å². The molecule has 1 N–H and O–H groups in total. The summed E-state index contributed by atoms with van der Waals surface area (Å²) in [6.07, 6.45) is 8.17. The van der Waals surface area contributed by atoms with Crippen molar-refractivity contribution in [1.29, 1.82) is 0 Å². The van der Waals surface area contributed by atoms with Gasteiger partial charge in [-0.1, -0.05) is 46.6 Å². The smallest absolute Gasteiger partial charge is 0.251 e. The van der Waals surface area contributed by atoms with Crippen LogP contribution in [-0.2, 0) is 0 Å². The molecule has 0 saturated carbocycles. The highest BCUT2D eigenvalue weighted by Gasteiger charge is 2.14. The Hall–Kier alpha value is -2.88. The summed E-state index contributed by atoms with van der Waals surface area (Å²) in [5.74, 6) is 0.649. The number of allylic oxidation sites excluding steroid dienone is 1. The van der Waals surface area contributed by atoms with E-state index in [9.17, 15) is 4.79 Å². The van der Waals surface area contributed by atoms with Gasteiger partial charge < -0.3 is 9.84 Å². The van der Waals surface area contributed by atoms with Crippen molar-refractivity contribution in [1.82, 2.24) is 10.5 Å². The predicted octanol–water partition coefficient (Wildman–Crippen LogP) is 5.42. The zero-order valence-corrected chi connectivity index (χ0v) is 15.6. The van der Waals surface area contributed by atoms with Gasteiger partial charge in [0, 0.05) is 17.7 Å². The molecule has 0 atom stereocenters. The summed E-state index contributed by atoms with van der Waals surface area (Å²) in [6, 6.07) is 13.6. The largest absolute Gasteiger partial charge is 0.355 e. The van der Waals surface area contributed by atoms with E-state index in [1.807, 2.05) is 43.3 Å². The predicted molar refractivity (Wildman–Crippen MR) is 108 cm³/mol. The van der Waals surface area contributed by atoms with Crippen LogP contribution in [0.5, 0.6) is 0 Å². The highest BCUT2D eigenvalue weighted by molar-refractivity contribution is 6.00. The van der Waals surface area contributed by atoms with E-state index in [4.69, 9.17) is 4.52 Å². The first-order valence-corrected chi connectivity index (χ1v) is 9.63. The van der Waals surface area contributed by atoms with E-state index >= 15 is 0 Å². The van der Waals surface area contributed by atoms with Gasteiger partial charge >= 0.3 is 0 Å². The second kappa shape index (κ2) is 7.78. The van der Waals surface area contributed by atoms with Crippen LogP contribution in [0.3, 0.4) is 0 Å². The minimum Gasteiger partial charge on any atom is -0.355 e. The van der Waals surface area contributed by atoms with Crippen LogP contribution in [0.15, 0.2) is 58.6 Å². The second-order valence-electron chi connectivity index (χ2n) is 7.22. The lowest BCUT2D eigenvalue weighted by atomic mass is 9.97. The summed E-state index contributed by atoms with van der Waals surface area (Å²) in [6.45, 7) is 2.73. The molecule has 27 heavy (non-hydrogen) atoms. The summed E-state index contributed by atoms with van der Waals surface area (Å²) in [4.78, 5) is 12.6. The summed E-state index contributed by atoms with van der Waals surface area (Å²) < 4.78 is 5.55. The molecule has 1 heterocycles. The van der Waals surface area contributed by atoms with Gasteiger partial charge in [0.15, 0.2) is 5.76 Å². The van der Waals surface area contributed by atoms with Gasteiger partial charge in [-0.05, 0) is 57.2 Å². The van der Waals surface area contributed by atoms with Crippen molar-refractivity contribution in [3.05, 3.63) is 65.2 Å². The Morgan fingerprint density at radius 1 is 1.15 bits per heavy atom. The fourth-order valence-corrected chi connectivity index (χ4v) is 3.57. The van der Waals surface area contributed by atoms with E-state index in [0.29, 0.717) is 17.9 Å². The molecule has 0 unspecified atom stereocenters. The number of rotatable bonds is 5. The molecule has 1 amide bonds. The number of amides is 1. The Bertz CT molecular complexity index is 983. The topological polar surface area (TPSA) is 55.1 Å². The molecule has 1 aliphatic rings. The van der Waals surface area contributed by atoms with E-state index < -0.39 is 0 Å². The van der Waals surface area contributed by atoms with Gasteiger partial charge in [-0.2, -0.15) is 0 Å². The first-order chi connectivity index (χ1) is 13.2. The van der Waals surface area contributed by atoms with Gasteiger partial charge in [0.05, 0.1) is 5.39 Å². The van der Waals surface area contributed by atoms with Crippen LogP contribution in [0.4, 0.5) is 0 Å². The van der Waals surface area contributed by atoms with Crippen molar-refractivity contribution in [3.63, 3.8) is 0 Å². The third-order valence-electron chi connectivity index (χ3n) is 5.17. The maximum Gasteiger partial charge on any atom is 0.251 e. The summed E-state index contributed by atoms with van der Waals surface area (Å²) >= 11 is 0. The molecule has 138 valence electrons. The molecule has 0 saturated heterocycles. The average Bonchev–Trinajstić information content (AvgIpc) is 3.12. The first-order valence-electron chi connectivity index (χ1n) is 9.63. The Morgan fingerprint density at radius 2 is 2.00 bits per heavy atom. The Labute approximate surface area is 159 Å². The summed E-state index contributed by atoms with van der Waals surface area (Å²) in [5, 5.41) is 8.03. The number of carbonyl (C=O) groups excluding carboxylic acids is 1. The molecular weight excluding hydrogens is 336 g/mol.